The van der Waals surface area contributed by atoms with Gasteiger partial charge in [0.25, 0.3) is 0 Å². The van der Waals surface area contributed by atoms with Gasteiger partial charge in [-0.2, -0.15) is 0 Å². The number of aromatic carboxylic acids is 1. The lowest BCUT2D eigenvalue weighted by molar-refractivity contribution is -0.0635. The number of carbonyl (C=O) groups excluding carboxylic acids is 1. The number of ether oxygens (including phenoxy) is 2. The molecule has 104 valence electrons. The molecule has 0 atom stereocenters. The maximum absolute atomic E-state index is 11.8. The number of esters is 1. The van der Waals surface area contributed by atoms with E-state index in [1.807, 2.05) is 13.8 Å². The predicted molar refractivity (Wildman–Crippen MR) is 66.2 cm³/mol. The number of carboxylic acid groups (broad SMARTS) is 1. The van der Waals surface area contributed by atoms with Crippen molar-refractivity contribution in [3.63, 3.8) is 0 Å². The first kappa shape index (κ1) is 13.6. The van der Waals surface area contributed by atoms with E-state index < -0.39 is 17.5 Å². The van der Waals surface area contributed by atoms with Gasteiger partial charge >= 0.3 is 11.9 Å². The third-order valence-electron chi connectivity index (χ3n) is 3.06. The third kappa shape index (κ3) is 2.49. The lowest BCUT2D eigenvalue weighted by atomic mass is 10.1. The molecular weight excluding hydrogens is 250 g/mol. The number of carbonyl (C=O) groups is 2. The SMILES string of the molecule is CCOC(=O)c1cc(C(=O)O)n2c1COC(C)(C)C2. The van der Waals surface area contributed by atoms with Gasteiger partial charge in [0.1, 0.15) is 5.69 Å². The maximum Gasteiger partial charge on any atom is 0.352 e. The van der Waals surface area contributed by atoms with E-state index >= 15 is 0 Å². The molecule has 6 nitrogen and oxygen atoms in total. The van der Waals surface area contributed by atoms with Gasteiger partial charge in [0, 0.05) is 0 Å². The molecule has 0 aromatic carbocycles. The van der Waals surface area contributed by atoms with Crippen molar-refractivity contribution in [1.29, 1.82) is 0 Å². The Kier molecular flexibility index (Phi) is 3.36. The first-order chi connectivity index (χ1) is 8.85. The van der Waals surface area contributed by atoms with Crippen molar-refractivity contribution in [3.8, 4) is 0 Å². The summed E-state index contributed by atoms with van der Waals surface area (Å²) in [4.78, 5) is 23.1. The van der Waals surface area contributed by atoms with Gasteiger partial charge in [-0.25, -0.2) is 9.59 Å². The van der Waals surface area contributed by atoms with E-state index in [0.29, 0.717) is 12.2 Å². The summed E-state index contributed by atoms with van der Waals surface area (Å²) in [5.41, 5.74) is 0.474. The topological polar surface area (TPSA) is 77.8 Å². The van der Waals surface area contributed by atoms with Crippen LogP contribution in [0.4, 0.5) is 0 Å². The molecule has 2 heterocycles. The van der Waals surface area contributed by atoms with Crippen LogP contribution in [0.1, 0.15) is 47.3 Å². The lowest BCUT2D eigenvalue weighted by Crippen LogP contribution is -2.37. The van der Waals surface area contributed by atoms with Crippen molar-refractivity contribution in [2.24, 2.45) is 0 Å². The van der Waals surface area contributed by atoms with Crippen molar-refractivity contribution >= 4 is 11.9 Å². The second-order valence-corrected chi connectivity index (χ2v) is 5.05. The standard InChI is InChI=1S/C13H17NO5/c1-4-18-12(17)8-5-9(11(15)16)14-7-13(2,3)19-6-10(8)14/h5H,4,6-7H2,1-3H3,(H,15,16). The molecule has 0 unspecified atom stereocenters. The van der Waals surface area contributed by atoms with Gasteiger partial charge in [0.2, 0.25) is 0 Å². The second-order valence-electron chi connectivity index (χ2n) is 5.05. The second kappa shape index (κ2) is 4.70. The molecule has 0 aliphatic carbocycles. The maximum atomic E-state index is 11.8. The van der Waals surface area contributed by atoms with Crippen LogP contribution >= 0.6 is 0 Å². The zero-order valence-corrected chi connectivity index (χ0v) is 11.2. The Labute approximate surface area is 110 Å². The molecular formula is C13H17NO5. The van der Waals surface area contributed by atoms with Gasteiger partial charge in [-0.3, -0.25) is 0 Å². The van der Waals surface area contributed by atoms with Crippen LogP contribution in [0.25, 0.3) is 0 Å². The van der Waals surface area contributed by atoms with E-state index in [9.17, 15) is 14.7 Å². The summed E-state index contributed by atoms with van der Waals surface area (Å²) in [5, 5.41) is 9.22. The van der Waals surface area contributed by atoms with Crippen LogP contribution in [0.3, 0.4) is 0 Å². The molecule has 0 saturated heterocycles. The molecule has 0 radical (unpaired) electrons. The Morgan fingerprint density at radius 1 is 1.53 bits per heavy atom. The Balaban J connectivity index is 2.49. The summed E-state index contributed by atoms with van der Waals surface area (Å²) in [6.45, 7) is 6.31. The van der Waals surface area contributed by atoms with Crippen molar-refractivity contribution in [1.82, 2.24) is 4.57 Å². The van der Waals surface area contributed by atoms with Gasteiger partial charge in [-0.05, 0) is 26.8 Å². The summed E-state index contributed by atoms with van der Waals surface area (Å²) in [6, 6.07) is 1.36. The number of rotatable bonds is 3. The quantitative estimate of drug-likeness (QED) is 0.843. The number of fused-ring (bicyclic) bond motifs is 1. The monoisotopic (exact) mass is 267 g/mol. The number of nitrogens with zero attached hydrogens (tertiary/aromatic N) is 1. The first-order valence-corrected chi connectivity index (χ1v) is 6.12. The first-order valence-electron chi connectivity index (χ1n) is 6.12. The van der Waals surface area contributed by atoms with E-state index in [0.717, 1.165) is 0 Å². The highest BCUT2D eigenvalue weighted by Gasteiger charge is 2.33. The zero-order chi connectivity index (χ0) is 14.2. The van der Waals surface area contributed by atoms with Crippen molar-refractivity contribution < 1.29 is 24.2 Å². The van der Waals surface area contributed by atoms with E-state index in [2.05, 4.69) is 0 Å². The normalized spacial score (nSPS) is 16.8. The number of carboxylic acids is 1. The fourth-order valence-electron chi connectivity index (χ4n) is 2.18. The average Bonchev–Trinajstić information content (AvgIpc) is 2.66. The van der Waals surface area contributed by atoms with E-state index in [1.54, 1.807) is 11.5 Å². The molecule has 19 heavy (non-hydrogen) atoms. The summed E-state index contributed by atoms with van der Waals surface area (Å²) >= 11 is 0. The van der Waals surface area contributed by atoms with Crippen LogP contribution < -0.4 is 0 Å². The summed E-state index contributed by atoms with van der Waals surface area (Å²) < 4.78 is 12.2. The van der Waals surface area contributed by atoms with Gasteiger partial charge in [0.15, 0.2) is 0 Å². The predicted octanol–water partition coefficient (Wildman–Crippen LogP) is 1.67. The number of hydrogen-bond acceptors (Lipinski definition) is 4. The van der Waals surface area contributed by atoms with Crippen LogP contribution in [-0.2, 0) is 22.6 Å². The largest absolute Gasteiger partial charge is 0.477 e. The molecule has 0 amide bonds. The Hall–Kier alpha value is -1.82. The molecule has 0 fully saturated rings. The molecule has 1 N–H and O–H groups in total. The van der Waals surface area contributed by atoms with Gasteiger partial charge in [0.05, 0.1) is 36.6 Å². The molecule has 0 bridgehead atoms. The van der Waals surface area contributed by atoms with Crippen LogP contribution in [0.15, 0.2) is 6.07 Å². The fourth-order valence-corrected chi connectivity index (χ4v) is 2.18. The van der Waals surface area contributed by atoms with Crippen LogP contribution in [0.2, 0.25) is 0 Å². The van der Waals surface area contributed by atoms with Crippen molar-refractivity contribution in [3.05, 3.63) is 23.0 Å². The van der Waals surface area contributed by atoms with E-state index in [-0.39, 0.29) is 24.5 Å². The summed E-state index contributed by atoms with van der Waals surface area (Å²) in [6.07, 6.45) is 0. The molecule has 1 aliphatic heterocycles. The Morgan fingerprint density at radius 2 is 2.21 bits per heavy atom. The highest BCUT2D eigenvalue weighted by atomic mass is 16.5. The highest BCUT2D eigenvalue weighted by Crippen LogP contribution is 2.28. The lowest BCUT2D eigenvalue weighted by Gasteiger charge is -2.32. The molecule has 1 aliphatic rings. The minimum absolute atomic E-state index is 0.0921. The van der Waals surface area contributed by atoms with Gasteiger partial charge in [-0.15, -0.1) is 0 Å². The van der Waals surface area contributed by atoms with Gasteiger partial charge in [-0.1, -0.05) is 0 Å². The Bertz CT molecular complexity index is 529. The minimum Gasteiger partial charge on any atom is -0.477 e. The number of aromatic nitrogens is 1. The van der Waals surface area contributed by atoms with Crippen molar-refractivity contribution in [2.75, 3.05) is 6.61 Å². The van der Waals surface area contributed by atoms with Crippen LogP contribution in [0.5, 0.6) is 0 Å². The molecule has 2 rings (SSSR count). The van der Waals surface area contributed by atoms with E-state index in [4.69, 9.17) is 9.47 Å². The molecule has 0 saturated carbocycles. The highest BCUT2D eigenvalue weighted by molar-refractivity contribution is 5.95. The van der Waals surface area contributed by atoms with Crippen LogP contribution in [0, 0.1) is 0 Å². The van der Waals surface area contributed by atoms with E-state index in [1.165, 1.54) is 6.07 Å². The average molecular weight is 267 g/mol. The Morgan fingerprint density at radius 3 is 2.79 bits per heavy atom. The fraction of sp³-hybridized carbons (Fsp3) is 0.538. The molecule has 1 aromatic heterocycles. The summed E-state index contributed by atoms with van der Waals surface area (Å²) in [7, 11) is 0. The van der Waals surface area contributed by atoms with Gasteiger partial charge < -0.3 is 19.1 Å². The zero-order valence-electron chi connectivity index (χ0n) is 11.2. The third-order valence-corrected chi connectivity index (χ3v) is 3.06. The minimum atomic E-state index is -1.06. The molecule has 0 spiro atoms. The van der Waals surface area contributed by atoms with Crippen molar-refractivity contribution in [2.45, 2.75) is 39.5 Å². The molecule has 6 heteroatoms. The molecule has 1 aromatic rings. The van der Waals surface area contributed by atoms with Crippen LogP contribution in [-0.4, -0.2) is 33.8 Å². The number of hydrogen-bond donors (Lipinski definition) is 1. The summed E-state index contributed by atoms with van der Waals surface area (Å²) in [5.74, 6) is -1.57. The smallest absolute Gasteiger partial charge is 0.352 e.